The molecule has 27 nitrogen and oxygen atoms in total. The standard InChI is InChI=1S/C45H74N7O20P3S/c1-23(26-7-8-27-34-28(18-31(55)45(26,27)5)44(4)12-10-25(53)16-24(44)17-29(34)54)6-9-33(57)76-15-14-47-32(56)11-13-48-41(60)38(59)43(2,3)20-69-75(66,67)72-74(64,65)68-19-30-37(71-73(61,62)63)36(58)42(70-30)52-22-51-35-39(46)49-21-50-40(35)52/h21-31,34,36-38,42,53-55,58-59H,6-20H2,1-5H3,(H,47,56)(H,48,60)(H,64,65)(H,66,67)(H2,46,49,50)(H2,61,62,63)/t23?,24-,25+,26+,27-,28-,29+,30+,31-,34-,36+,37+,38?,42+,44-,45+/m0/s1. The molecule has 0 spiro atoms. The summed E-state index contributed by atoms with van der Waals surface area (Å²) in [4.78, 5) is 89.7. The van der Waals surface area contributed by atoms with Gasteiger partial charge in [-0.2, -0.15) is 4.31 Å². The summed E-state index contributed by atoms with van der Waals surface area (Å²) in [5, 5.41) is 60.6. The smallest absolute Gasteiger partial charge is 0.393 e. The van der Waals surface area contributed by atoms with Crippen LogP contribution >= 0.6 is 35.2 Å². The van der Waals surface area contributed by atoms with Crippen molar-refractivity contribution >= 4 is 69.1 Å². The monoisotopic (exact) mass is 1160 g/mol. The van der Waals surface area contributed by atoms with Crippen LogP contribution in [-0.2, 0) is 50.7 Å². The lowest BCUT2D eigenvalue weighted by Crippen LogP contribution is -2.62. The zero-order valence-corrected chi connectivity index (χ0v) is 46.5. The highest BCUT2D eigenvalue weighted by atomic mass is 32.2. The summed E-state index contributed by atoms with van der Waals surface area (Å²) >= 11 is 1.10. The van der Waals surface area contributed by atoms with Crippen LogP contribution in [0.5, 0.6) is 0 Å². The molecule has 2 aromatic rings. The number of hydrogen-bond donors (Lipinski definition) is 12. The first-order valence-corrected chi connectivity index (χ1v) is 31.0. The van der Waals surface area contributed by atoms with Crippen molar-refractivity contribution in [3.05, 3.63) is 12.7 Å². The van der Waals surface area contributed by atoms with Crippen LogP contribution in [0.15, 0.2) is 12.7 Å². The number of phosphoric acid groups is 3. The molecule has 13 N–H and O–H groups in total. The SMILES string of the molecule is CC(CCC(=O)SCCNC(=O)CCNC(=O)C(O)C(C)(C)COP(=O)(O)OP(=O)(O)OC[C@H]1O[C@@H](n2cnc3c(N)ncnc32)[C@H](O)[C@@H]1OP(=O)(O)O)[C@H]1CC[C@H]2[C@@H]3[C@H](O)C[C@@H]4C[C@H](O)CC[C@]4(C)[C@H]3C[C@H](O)[C@]12C. The fourth-order valence-corrected chi connectivity index (χ4v) is 16.6. The molecular formula is C45H74N7O20P3S. The third kappa shape index (κ3) is 13.6. The number of nitrogen functional groups attached to an aromatic ring is 1. The van der Waals surface area contributed by atoms with Crippen LogP contribution in [0, 0.1) is 51.8 Å². The molecule has 2 amide bonds. The molecular weight excluding hydrogens is 1080 g/mol. The third-order valence-electron chi connectivity index (χ3n) is 17.1. The average Bonchev–Trinajstić information content (AvgIpc) is 4.03. The number of hydrogen-bond acceptors (Lipinski definition) is 21. The lowest BCUT2D eigenvalue weighted by molar-refractivity contribution is -0.207. The number of thioether (sulfide) groups is 1. The third-order valence-corrected chi connectivity index (χ3v) is 21.1. The lowest BCUT2D eigenvalue weighted by atomic mass is 9.43. The van der Waals surface area contributed by atoms with E-state index in [0.717, 1.165) is 54.7 Å². The van der Waals surface area contributed by atoms with Gasteiger partial charge in [0.25, 0.3) is 0 Å². The van der Waals surface area contributed by atoms with Crippen molar-refractivity contribution in [2.24, 2.45) is 51.8 Å². The van der Waals surface area contributed by atoms with Crippen molar-refractivity contribution < 1.29 is 95.8 Å². The Labute approximate surface area is 443 Å². The Bertz CT molecular complexity index is 2560. The minimum atomic E-state index is -5.60. The number of ether oxygens (including phenoxy) is 1. The van der Waals surface area contributed by atoms with E-state index in [1.807, 2.05) is 0 Å². The van der Waals surface area contributed by atoms with Crippen molar-refractivity contribution in [3.8, 4) is 0 Å². The molecule has 4 unspecified atom stereocenters. The van der Waals surface area contributed by atoms with Crippen molar-refractivity contribution in [3.63, 3.8) is 0 Å². The summed E-state index contributed by atoms with van der Waals surface area (Å²) in [7, 11) is -16.5. The normalized spacial score (nSPS) is 35.0. The molecule has 1 aliphatic heterocycles. The highest BCUT2D eigenvalue weighted by molar-refractivity contribution is 8.13. The zero-order chi connectivity index (χ0) is 55.9. The number of aliphatic hydroxyl groups is 5. The van der Waals surface area contributed by atoms with E-state index in [1.165, 1.54) is 13.8 Å². The summed E-state index contributed by atoms with van der Waals surface area (Å²) in [5.41, 5.74) is 3.86. The largest absolute Gasteiger partial charge is 0.481 e. The number of phosphoric ester groups is 3. The molecule has 0 aromatic carbocycles. The van der Waals surface area contributed by atoms with Crippen molar-refractivity contribution in [1.82, 2.24) is 30.2 Å². The molecule has 18 atom stereocenters. The van der Waals surface area contributed by atoms with Crippen molar-refractivity contribution in [2.75, 3.05) is 37.8 Å². The van der Waals surface area contributed by atoms with Gasteiger partial charge in [-0.1, -0.05) is 46.4 Å². The maximum atomic E-state index is 13.0. The number of carbonyl (C=O) groups excluding carboxylic acids is 3. The maximum absolute atomic E-state index is 13.0. The lowest BCUT2D eigenvalue weighted by Gasteiger charge is -2.63. The summed E-state index contributed by atoms with van der Waals surface area (Å²) < 4.78 is 62.7. The second kappa shape index (κ2) is 23.9. The first-order valence-electron chi connectivity index (χ1n) is 25.5. The average molecular weight is 1160 g/mol. The molecule has 5 fully saturated rings. The van der Waals surface area contributed by atoms with E-state index in [0.29, 0.717) is 37.9 Å². The van der Waals surface area contributed by atoms with Gasteiger partial charge >= 0.3 is 23.5 Å². The molecule has 2 aromatic heterocycles. The van der Waals surface area contributed by atoms with Gasteiger partial charge in [0.1, 0.15) is 36.3 Å². The number of amides is 2. The van der Waals surface area contributed by atoms with Gasteiger partial charge in [0.05, 0.1) is 37.9 Å². The van der Waals surface area contributed by atoms with Crippen LogP contribution in [0.3, 0.4) is 0 Å². The molecule has 7 rings (SSSR count). The van der Waals surface area contributed by atoms with Crippen molar-refractivity contribution in [2.45, 2.75) is 148 Å². The van der Waals surface area contributed by atoms with E-state index in [4.69, 9.17) is 19.5 Å². The van der Waals surface area contributed by atoms with E-state index in [9.17, 15) is 73.2 Å². The van der Waals surface area contributed by atoms with E-state index < -0.39 is 96.8 Å². The first-order chi connectivity index (χ1) is 35.4. The van der Waals surface area contributed by atoms with Gasteiger partial charge in [0.15, 0.2) is 22.8 Å². The Morgan fingerprint density at radius 2 is 1.66 bits per heavy atom. The van der Waals surface area contributed by atoms with Gasteiger partial charge in [-0.3, -0.25) is 32.5 Å². The minimum Gasteiger partial charge on any atom is -0.393 e. The number of aliphatic hydroxyl groups excluding tert-OH is 5. The number of nitrogens with zero attached hydrogens (tertiary/aromatic N) is 4. The van der Waals surface area contributed by atoms with E-state index in [2.05, 4.69) is 55.2 Å². The number of nitrogens with one attached hydrogen (secondary N) is 2. The quantitative estimate of drug-likeness (QED) is 0.0559. The first kappa shape index (κ1) is 61.1. The van der Waals surface area contributed by atoms with Gasteiger partial charge in [-0.15, -0.1) is 0 Å². The van der Waals surface area contributed by atoms with E-state index in [-0.39, 0.29) is 94.0 Å². The van der Waals surface area contributed by atoms with Gasteiger partial charge < -0.3 is 66.2 Å². The molecule has 4 aliphatic carbocycles. The molecule has 4 saturated carbocycles. The molecule has 76 heavy (non-hydrogen) atoms. The van der Waals surface area contributed by atoms with Gasteiger partial charge in [0.2, 0.25) is 11.8 Å². The van der Waals surface area contributed by atoms with Gasteiger partial charge in [0, 0.05) is 37.1 Å². The predicted octanol–water partition coefficient (Wildman–Crippen LogP) is 2.04. The van der Waals surface area contributed by atoms with E-state index >= 15 is 0 Å². The van der Waals surface area contributed by atoms with Crippen LogP contribution in [0.2, 0.25) is 0 Å². The fraction of sp³-hybridized carbons (Fsp3) is 0.822. The number of imidazole rings is 1. The van der Waals surface area contributed by atoms with Crippen molar-refractivity contribution in [1.29, 1.82) is 0 Å². The summed E-state index contributed by atoms with van der Waals surface area (Å²) in [6.07, 6.45) is -1.83. The number of nitrogens with two attached hydrogens (primary N) is 1. The summed E-state index contributed by atoms with van der Waals surface area (Å²) in [6, 6.07) is 0. The molecule has 1 saturated heterocycles. The number of aromatic nitrogens is 4. The Morgan fingerprint density at radius 1 is 0.947 bits per heavy atom. The summed E-state index contributed by atoms with van der Waals surface area (Å²) in [5.74, 6) is -0.0993. The molecule has 5 aliphatic rings. The van der Waals surface area contributed by atoms with Crippen LogP contribution in [-0.4, -0.2) is 156 Å². The number of rotatable bonds is 23. The molecule has 430 valence electrons. The zero-order valence-electron chi connectivity index (χ0n) is 43.0. The van der Waals surface area contributed by atoms with Crippen LogP contribution in [0.1, 0.15) is 105 Å². The molecule has 3 heterocycles. The molecule has 0 radical (unpaired) electrons. The Kier molecular flexibility index (Phi) is 19.2. The van der Waals surface area contributed by atoms with Gasteiger partial charge in [-0.05, 0) is 97.7 Å². The number of carbonyl (C=O) groups is 3. The molecule has 0 bridgehead atoms. The van der Waals surface area contributed by atoms with Crippen LogP contribution < -0.4 is 16.4 Å². The van der Waals surface area contributed by atoms with Crippen LogP contribution in [0.4, 0.5) is 5.82 Å². The second-order valence-electron chi connectivity index (χ2n) is 22.3. The Morgan fingerprint density at radius 3 is 2.37 bits per heavy atom. The Hall–Kier alpha value is -2.56. The highest BCUT2D eigenvalue weighted by Gasteiger charge is 2.66. The van der Waals surface area contributed by atoms with E-state index in [1.54, 1.807) is 0 Å². The predicted molar refractivity (Wildman–Crippen MR) is 269 cm³/mol. The summed E-state index contributed by atoms with van der Waals surface area (Å²) in [6.45, 7) is 7.05. The minimum absolute atomic E-state index is 0.0137. The maximum Gasteiger partial charge on any atom is 0.481 e. The number of fused-ring (bicyclic) bond motifs is 6. The van der Waals surface area contributed by atoms with Gasteiger partial charge in [-0.25, -0.2) is 28.6 Å². The topological polar surface area (TPSA) is 424 Å². The van der Waals surface area contributed by atoms with Crippen LogP contribution in [0.25, 0.3) is 11.2 Å². The second-order valence-corrected chi connectivity index (χ2v) is 27.7. The Balaban J connectivity index is 0.784. The highest BCUT2D eigenvalue weighted by Crippen LogP contribution is 2.68. The number of anilines is 1. The molecule has 31 heteroatoms. The fourth-order valence-electron chi connectivity index (χ4n) is 13.0.